The van der Waals surface area contributed by atoms with Crippen molar-refractivity contribution in [3.63, 3.8) is 0 Å². The number of aromatic nitrogens is 2. The molecule has 7 nitrogen and oxygen atoms in total. The minimum absolute atomic E-state index is 0.167. The first-order valence-electron chi connectivity index (χ1n) is 10.5. The summed E-state index contributed by atoms with van der Waals surface area (Å²) in [5.74, 6) is 0.647. The number of piperidine rings is 1. The van der Waals surface area contributed by atoms with Gasteiger partial charge in [0.05, 0.1) is 11.5 Å². The van der Waals surface area contributed by atoms with Crippen LogP contribution in [0.5, 0.6) is 5.75 Å². The molecule has 0 aliphatic carbocycles. The van der Waals surface area contributed by atoms with Crippen LogP contribution in [0.1, 0.15) is 48.9 Å². The lowest BCUT2D eigenvalue weighted by Crippen LogP contribution is -2.38. The summed E-state index contributed by atoms with van der Waals surface area (Å²) in [5.41, 5.74) is 2.40. The molecule has 5 rings (SSSR count). The maximum Gasteiger partial charge on any atom is 0.263 e. The van der Waals surface area contributed by atoms with Crippen LogP contribution in [0.4, 0.5) is 5.13 Å². The third-order valence-corrected chi connectivity index (χ3v) is 8.06. The molecule has 9 heteroatoms. The Labute approximate surface area is 186 Å². The highest BCUT2D eigenvalue weighted by atomic mass is 32.2. The molecule has 2 atom stereocenters. The highest BCUT2D eigenvalue weighted by molar-refractivity contribution is 7.93. The topological polar surface area (TPSA) is 84.4 Å². The Hall–Kier alpha value is -2.49. The van der Waals surface area contributed by atoms with Crippen molar-refractivity contribution >= 4 is 26.7 Å². The SMILES string of the molecule is O=S(=O)(Nc1ncns1)c1ccc2c(c1)OCCC2N1CCCCC1c1ccccc1. The van der Waals surface area contributed by atoms with Gasteiger partial charge in [0.2, 0.25) is 5.13 Å². The van der Waals surface area contributed by atoms with Crippen molar-refractivity contribution in [3.05, 3.63) is 66.0 Å². The summed E-state index contributed by atoms with van der Waals surface area (Å²) >= 11 is 1.00. The second kappa shape index (κ2) is 8.57. The zero-order chi connectivity index (χ0) is 21.3. The zero-order valence-electron chi connectivity index (χ0n) is 17.0. The molecule has 31 heavy (non-hydrogen) atoms. The lowest BCUT2D eigenvalue weighted by Gasteiger charge is -2.43. The van der Waals surface area contributed by atoms with Crippen LogP contribution < -0.4 is 9.46 Å². The van der Waals surface area contributed by atoms with Crippen LogP contribution in [-0.2, 0) is 10.0 Å². The number of nitrogens with zero attached hydrogens (tertiary/aromatic N) is 3. The van der Waals surface area contributed by atoms with Gasteiger partial charge in [-0.05, 0) is 31.0 Å². The molecule has 3 aromatic rings. The van der Waals surface area contributed by atoms with Crippen LogP contribution in [0.25, 0.3) is 0 Å². The van der Waals surface area contributed by atoms with Gasteiger partial charge in [-0.1, -0.05) is 42.8 Å². The van der Waals surface area contributed by atoms with Crippen molar-refractivity contribution in [1.82, 2.24) is 14.3 Å². The summed E-state index contributed by atoms with van der Waals surface area (Å²) in [6, 6.07) is 16.4. The van der Waals surface area contributed by atoms with Crippen LogP contribution in [0, 0.1) is 0 Å². The number of hydrogen-bond donors (Lipinski definition) is 1. The Kier molecular flexibility index (Phi) is 5.64. The predicted molar refractivity (Wildman–Crippen MR) is 120 cm³/mol. The first-order valence-corrected chi connectivity index (χ1v) is 12.7. The Morgan fingerprint density at radius 1 is 1.06 bits per heavy atom. The number of rotatable bonds is 5. The third-order valence-electron chi connectivity index (χ3n) is 6.02. The molecule has 0 spiro atoms. The summed E-state index contributed by atoms with van der Waals surface area (Å²) in [4.78, 5) is 6.65. The fraction of sp³-hybridized carbons (Fsp3) is 0.364. The van der Waals surface area contributed by atoms with Crippen LogP contribution in [-0.4, -0.2) is 35.8 Å². The average molecular weight is 457 g/mol. The van der Waals surface area contributed by atoms with Gasteiger partial charge in [-0.15, -0.1) is 0 Å². The Balaban J connectivity index is 1.45. The Morgan fingerprint density at radius 2 is 1.94 bits per heavy atom. The zero-order valence-corrected chi connectivity index (χ0v) is 18.6. The summed E-state index contributed by atoms with van der Waals surface area (Å²) in [7, 11) is -3.75. The van der Waals surface area contributed by atoms with E-state index in [0.717, 1.165) is 36.5 Å². The number of fused-ring (bicyclic) bond motifs is 1. The van der Waals surface area contributed by atoms with E-state index in [1.165, 1.54) is 24.7 Å². The van der Waals surface area contributed by atoms with Crippen molar-refractivity contribution in [2.45, 2.75) is 42.7 Å². The normalized spacial score (nSPS) is 21.8. The molecule has 2 unspecified atom stereocenters. The molecule has 2 aliphatic heterocycles. The molecular weight excluding hydrogens is 432 g/mol. The molecular formula is C22H24N4O3S2. The molecule has 0 radical (unpaired) electrons. The highest BCUT2D eigenvalue weighted by Gasteiger charge is 2.34. The molecule has 1 N–H and O–H groups in total. The minimum Gasteiger partial charge on any atom is -0.493 e. The average Bonchev–Trinajstić information content (AvgIpc) is 3.31. The van der Waals surface area contributed by atoms with Crippen molar-refractivity contribution in [2.24, 2.45) is 0 Å². The third kappa shape index (κ3) is 4.17. The molecule has 1 saturated heterocycles. The quantitative estimate of drug-likeness (QED) is 0.613. The van der Waals surface area contributed by atoms with E-state index in [1.807, 2.05) is 6.07 Å². The van der Waals surface area contributed by atoms with E-state index in [2.05, 4.69) is 49.3 Å². The first-order chi connectivity index (χ1) is 15.1. The van der Waals surface area contributed by atoms with E-state index in [1.54, 1.807) is 12.1 Å². The number of nitrogens with one attached hydrogen (secondary N) is 1. The largest absolute Gasteiger partial charge is 0.493 e. The van der Waals surface area contributed by atoms with Crippen molar-refractivity contribution < 1.29 is 13.2 Å². The maximum absolute atomic E-state index is 12.8. The Morgan fingerprint density at radius 3 is 2.74 bits per heavy atom. The summed E-state index contributed by atoms with van der Waals surface area (Å²) in [6.45, 7) is 1.60. The molecule has 0 saturated carbocycles. The fourth-order valence-corrected chi connectivity index (χ4v) is 6.29. The predicted octanol–water partition coefficient (Wildman–Crippen LogP) is 4.39. The monoisotopic (exact) mass is 456 g/mol. The van der Waals surface area contributed by atoms with Gasteiger partial charge in [0.15, 0.2) is 0 Å². The van der Waals surface area contributed by atoms with Gasteiger partial charge in [-0.2, -0.15) is 4.37 Å². The van der Waals surface area contributed by atoms with Crippen molar-refractivity contribution in [2.75, 3.05) is 17.9 Å². The summed E-state index contributed by atoms with van der Waals surface area (Å²) in [5, 5.41) is 0.246. The van der Waals surface area contributed by atoms with E-state index in [-0.39, 0.29) is 16.1 Å². The smallest absolute Gasteiger partial charge is 0.263 e. The first kappa shape index (κ1) is 20.4. The number of sulfonamides is 1. The highest BCUT2D eigenvalue weighted by Crippen LogP contribution is 2.44. The van der Waals surface area contributed by atoms with Crippen LogP contribution >= 0.6 is 11.5 Å². The lowest BCUT2D eigenvalue weighted by molar-refractivity contribution is 0.0668. The van der Waals surface area contributed by atoms with Crippen LogP contribution in [0.3, 0.4) is 0 Å². The molecule has 3 heterocycles. The van der Waals surface area contributed by atoms with Crippen LogP contribution in [0.15, 0.2) is 59.8 Å². The van der Waals surface area contributed by atoms with E-state index < -0.39 is 10.0 Å². The molecule has 0 bridgehead atoms. The van der Waals surface area contributed by atoms with Crippen LogP contribution in [0.2, 0.25) is 0 Å². The van der Waals surface area contributed by atoms with Gasteiger partial charge in [0, 0.05) is 41.7 Å². The van der Waals surface area contributed by atoms with Crippen molar-refractivity contribution in [3.8, 4) is 5.75 Å². The number of hydrogen-bond acceptors (Lipinski definition) is 7. The van der Waals surface area contributed by atoms with Gasteiger partial charge in [-0.3, -0.25) is 9.62 Å². The van der Waals surface area contributed by atoms with Gasteiger partial charge in [0.1, 0.15) is 12.1 Å². The summed E-state index contributed by atoms with van der Waals surface area (Å²) < 4.78 is 37.8. The van der Waals surface area contributed by atoms with Gasteiger partial charge >= 0.3 is 0 Å². The second-order valence-corrected chi connectivity index (χ2v) is 10.3. The van der Waals surface area contributed by atoms with Gasteiger partial charge in [0.25, 0.3) is 10.0 Å². The lowest BCUT2D eigenvalue weighted by atomic mass is 9.90. The maximum atomic E-state index is 12.8. The van der Waals surface area contributed by atoms with E-state index in [0.29, 0.717) is 18.4 Å². The number of anilines is 1. The standard InChI is InChI=1S/C22H24N4O3S2/c27-31(28,25-22-23-15-24-30-22)17-9-10-18-20(11-13-29-21(18)14-17)26-12-5-4-8-19(26)16-6-2-1-3-7-16/h1-3,6-7,9-10,14-15,19-20H,4-5,8,11-13H2,(H,23,24,25). The summed E-state index contributed by atoms with van der Waals surface area (Å²) in [6.07, 6.45) is 5.75. The molecule has 2 aliphatic rings. The van der Waals surface area contributed by atoms with Gasteiger partial charge < -0.3 is 4.74 Å². The van der Waals surface area contributed by atoms with Crippen molar-refractivity contribution in [1.29, 1.82) is 0 Å². The van der Waals surface area contributed by atoms with Gasteiger partial charge in [-0.25, -0.2) is 13.4 Å². The number of benzene rings is 2. The fourth-order valence-electron chi connectivity index (χ4n) is 4.61. The minimum atomic E-state index is -3.75. The number of ether oxygens (including phenoxy) is 1. The van der Waals surface area contributed by atoms with E-state index >= 15 is 0 Å². The molecule has 162 valence electrons. The molecule has 2 aromatic carbocycles. The molecule has 1 aromatic heterocycles. The van der Waals surface area contributed by atoms with E-state index in [9.17, 15) is 8.42 Å². The van der Waals surface area contributed by atoms with E-state index in [4.69, 9.17) is 4.74 Å². The Bertz CT molecular complexity index is 1140. The second-order valence-electron chi connectivity index (χ2n) is 7.86. The number of likely N-dealkylation sites (tertiary alicyclic amines) is 1. The molecule has 0 amide bonds. The molecule has 1 fully saturated rings.